The summed E-state index contributed by atoms with van der Waals surface area (Å²) < 4.78 is 26.2. The minimum absolute atomic E-state index is 0.273. The van der Waals surface area contributed by atoms with Gasteiger partial charge >= 0.3 is 0 Å². The van der Waals surface area contributed by atoms with Crippen LogP contribution in [-0.4, -0.2) is 28.0 Å². The van der Waals surface area contributed by atoms with Gasteiger partial charge in [-0.3, -0.25) is 9.48 Å². The first-order valence-corrected chi connectivity index (χ1v) is 10.0. The smallest absolute Gasteiger partial charge is 0.278 e. The third-order valence-electron chi connectivity index (χ3n) is 5.73. The number of hydrogen-bond acceptors (Lipinski definition) is 5. The van der Waals surface area contributed by atoms with Gasteiger partial charge in [0.25, 0.3) is 5.91 Å². The Bertz CT molecular complexity index is 1100. The fourth-order valence-electron chi connectivity index (χ4n) is 4.08. The van der Waals surface area contributed by atoms with Crippen molar-refractivity contribution >= 4 is 11.6 Å². The van der Waals surface area contributed by atoms with Crippen LogP contribution >= 0.6 is 0 Å². The zero-order valence-corrected chi connectivity index (χ0v) is 17.6. The lowest BCUT2D eigenvalue weighted by Gasteiger charge is -2.15. The molecule has 7 nitrogen and oxygen atoms in total. The number of amides is 1. The van der Waals surface area contributed by atoms with Crippen LogP contribution in [0.3, 0.4) is 0 Å². The standard InChI is InChI=1S/C22H25FN4O3/c1-12-6-5-7-17-20(26-30-21(12)17)22(28)24-19-13(2)25-27(14(19)3)11-15-10-16(23)8-9-18(15)29-4/h8-10,12H,5-7,11H2,1-4H3,(H,24,28). The van der Waals surface area contributed by atoms with Crippen molar-refractivity contribution in [1.29, 1.82) is 0 Å². The number of fused-ring (bicyclic) bond motifs is 1. The van der Waals surface area contributed by atoms with Crippen molar-refractivity contribution in [1.82, 2.24) is 14.9 Å². The number of rotatable bonds is 5. The number of nitrogens with one attached hydrogen (secondary N) is 1. The number of anilines is 1. The number of aromatic nitrogens is 3. The maximum Gasteiger partial charge on any atom is 0.278 e. The second kappa shape index (κ2) is 7.93. The van der Waals surface area contributed by atoms with Gasteiger partial charge in [-0.05, 0) is 51.3 Å². The third kappa shape index (κ3) is 3.58. The van der Waals surface area contributed by atoms with Crippen molar-refractivity contribution in [2.75, 3.05) is 12.4 Å². The minimum atomic E-state index is -0.342. The van der Waals surface area contributed by atoms with Crippen LogP contribution in [0.4, 0.5) is 10.1 Å². The van der Waals surface area contributed by atoms with Crippen LogP contribution in [0.15, 0.2) is 22.7 Å². The molecule has 1 atom stereocenters. The monoisotopic (exact) mass is 412 g/mol. The molecule has 0 bridgehead atoms. The number of carbonyl (C=O) groups excluding carboxylic acids is 1. The van der Waals surface area contributed by atoms with Gasteiger partial charge in [-0.25, -0.2) is 4.39 Å². The van der Waals surface area contributed by atoms with Gasteiger partial charge in [0.2, 0.25) is 0 Å². The first-order valence-electron chi connectivity index (χ1n) is 10.0. The van der Waals surface area contributed by atoms with Crippen molar-refractivity contribution in [2.24, 2.45) is 0 Å². The molecule has 0 radical (unpaired) electrons. The molecule has 1 N–H and O–H groups in total. The summed E-state index contributed by atoms with van der Waals surface area (Å²) in [6, 6.07) is 4.37. The van der Waals surface area contributed by atoms with Crippen molar-refractivity contribution in [3.8, 4) is 5.75 Å². The third-order valence-corrected chi connectivity index (χ3v) is 5.73. The van der Waals surface area contributed by atoms with E-state index in [9.17, 15) is 9.18 Å². The predicted molar refractivity (Wildman–Crippen MR) is 110 cm³/mol. The first kappa shape index (κ1) is 20.1. The molecule has 1 aliphatic rings. The molecule has 8 heteroatoms. The van der Waals surface area contributed by atoms with E-state index in [2.05, 4.69) is 22.5 Å². The molecular formula is C22H25FN4O3. The molecule has 2 aromatic heterocycles. The van der Waals surface area contributed by atoms with Crippen LogP contribution in [0.2, 0.25) is 0 Å². The highest BCUT2D eigenvalue weighted by atomic mass is 19.1. The zero-order chi connectivity index (χ0) is 21.4. The van der Waals surface area contributed by atoms with Gasteiger partial charge in [-0.2, -0.15) is 5.10 Å². The van der Waals surface area contributed by atoms with E-state index in [1.165, 1.54) is 12.1 Å². The van der Waals surface area contributed by atoms with Gasteiger partial charge in [-0.15, -0.1) is 0 Å². The van der Waals surface area contributed by atoms with Crippen molar-refractivity contribution in [2.45, 2.75) is 52.5 Å². The van der Waals surface area contributed by atoms with Gasteiger partial charge in [0.05, 0.1) is 30.7 Å². The topological polar surface area (TPSA) is 82.2 Å². The maximum atomic E-state index is 13.7. The van der Waals surface area contributed by atoms with E-state index in [4.69, 9.17) is 9.26 Å². The Hall–Kier alpha value is -3.16. The normalized spacial score (nSPS) is 15.7. The molecule has 158 valence electrons. The summed E-state index contributed by atoms with van der Waals surface area (Å²) in [5.74, 6) is 1.02. The lowest BCUT2D eigenvalue weighted by Crippen LogP contribution is -2.17. The highest BCUT2D eigenvalue weighted by molar-refractivity contribution is 6.04. The highest BCUT2D eigenvalue weighted by Crippen LogP contribution is 2.33. The Balaban J connectivity index is 1.59. The molecular weight excluding hydrogens is 387 g/mol. The lowest BCUT2D eigenvalue weighted by molar-refractivity contribution is 0.101. The van der Waals surface area contributed by atoms with Gasteiger partial charge in [0.1, 0.15) is 17.3 Å². The fourth-order valence-corrected chi connectivity index (χ4v) is 4.08. The summed E-state index contributed by atoms with van der Waals surface area (Å²) in [7, 11) is 1.54. The quantitative estimate of drug-likeness (QED) is 0.673. The highest BCUT2D eigenvalue weighted by Gasteiger charge is 2.29. The van der Waals surface area contributed by atoms with Crippen molar-refractivity contribution in [3.63, 3.8) is 0 Å². The van der Waals surface area contributed by atoms with Gasteiger partial charge in [-0.1, -0.05) is 12.1 Å². The van der Waals surface area contributed by atoms with Crippen LogP contribution in [-0.2, 0) is 13.0 Å². The summed E-state index contributed by atoms with van der Waals surface area (Å²) in [6.07, 6.45) is 2.85. The number of halogens is 1. The van der Waals surface area contributed by atoms with E-state index in [0.717, 1.165) is 36.3 Å². The number of ether oxygens (including phenoxy) is 1. The Kier molecular flexibility index (Phi) is 5.32. The minimum Gasteiger partial charge on any atom is -0.496 e. The largest absolute Gasteiger partial charge is 0.496 e. The molecule has 1 amide bonds. The average molecular weight is 412 g/mol. The SMILES string of the molecule is COc1ccc(F)cc1Cn1nc(C)c(NC(=O)c2noc3c2CCCC3C)c1C. The number of carbonyl (C=O) groups is 1. The molecule has 0 saturated heterocycles. The Labute approximate surface area is 174 Å². The van der Waals surface area contributed by atoms with E-state index in [1.807, 2.05) is 13.8 Å². The molecule has 0 saturated carbocycles. The van der Waals surface area contributed by atoms with E-state index >= 15 is 0 Å². The Morgan fingerprint density at radius 1 is 1.40 bits per heavy atom. The summed E-state index contributed by atoms with van der Waals surface area (Å²) in [6.45, 7) is 6.09. The molecule has 2 heterocycles. The zero-order valence-electron chi connectivity index (χ0n) is 17.6. The maximum absolute atomic E-state index is 13.7. The molecule has 1 aromatic carbocycles. The number of aryl methyl sites for hydroxylation is 1. The summed E-state index contributed by atoms with van der Waals surface area (Å²) in [5, 5.41) is 11.5. The molecule has 0 aliphatic heterocycles. The Morgan fingerprint density at radius 2 is 2.20 bits per heavy atom. The average Bonchev–Trinajstić information content (AvgIpc) is 3.26. The number of nitrogens with zero attached hydrogens (tertiary/aromatic N) is 3. The van der Waals surface area contributed by atoms with Gasteiger partial charge in [0.15, 0.2) is 5.69 Å². The molecule has 4 rings (SSSR count). The van der Waals surface area contributed by atoms with Crippen LogP contribution in [0.25, 0.3) is 0 Å². The van der Waals surface area contributed by atoms with Gasteiger partial charge < -0.3 is 14.6 Å². The molecule has 0 fully saturated rings. The van der Waals surface area contributed by atoms with E-state index < -0.39 is 0 Å². The number of methoxy groups -OCH3 is 1. The second-order valence-corrected chi connectivity index (χ2v) is 7.78. The molecule has 1 unspecified atom stereocenters. The van der Waals surface area contributed by atoms with Crippen LogP contribution in [0.1, 0.15) is 64.4 Å². The van der Waals surface area contributed by atoms with Crippen molar-refractivity contribution < 1.29 is 18.4 Å². The molecule has 30 heavy (non-hydrogen) atoms. The van der Waals surface area contributed by atoms with Gasteiger partial charge in [0, 0.05) is 17.0 Å². The lowest BCUT2D eigenvalue weighted by atomic mass is 9.88. The summed E-state index contributed by atoms with van der Waals surface area (Å²) in [5.41, 5.74) is 3.96. The first-order chi connectivity index (χ1) is 14.4. The van der Waals surface area contributed by atoms with E-state index in [0.29, 0.717) is 34.9 Å². The Morgan fingerprint density at radius 3 is 2.97 bits per heavy atom. The number of benzene rings is 1. The fraction of sp³-hybridized carbons (Fsp3) is 0.409. The van der Waals surface area contributed by atoms with Crippen LogP contribution in [0.5, 0.6) is 5.75 Å². The molecule has 0 spiro atoms. The van der Waals surface area contributed by atoms with E-state index in [-0.39, 0.29) is 17.6 Å². The molecule has 1 aliphatic carbocycles. The second-order valence-electron chi connectivity index (χ2n) is 7.78. The number of hydrogen-bond donors (Lipinski definition) is 1. The van der Waals surface area contributed by atoms with E-state index in [1.54, 1.807) is 17.9 Å². The summed E-state index contributed by atoms with van der Waals surface area (Å²) >= 11 is 0. The predicted octanol–water partition coefficient (Wildman–Crippen LogP) is 4.38. The van der Waals surface area contributed by atoms with Crippen LogP contribution < -0.4 is 10.1 Å². The summed E-state index contributed by atoms with van der Waals surface area (Å²) in [4.78, 5) is 12.9. The van der Waals surface area contributed by atoms with Crippen molar-refractivity contribution in [3.05, 3.63) is 58.0 Å². The van der Waals surface area contributed by atoms with Crippen LogP contribution in [0, 0.1) is 19.7 Å². The molecule has 3 aromatic rings.